The lowest BCUT2D eigenvalue weighted by Crippen LogP contribution is -2.63. The molecule has 2 unspecified atom stereocenters. The van der Waals surface area contributed by atoms with Crippen molar-refractivity contribution in [2.75, 3.05) is 39.8 Å². The molecule has 26 heavy (non-hydrogen) atoms. The Morgan fingerprint density at radius 1 is 1.15 bits per heavy atom. The minimum atomic E-state index is -0.823. The second-order valence-corrected chi connectivity index (χ2v) is 6.79. The summed E-state index contributed by atoms with van der Waals surface area (Å²) in [5.41, 5.74) is 0. The third-order valence-corrected chi connectivity index (χ3v) is 5.01. The summed E-state index contributed by atoms with van der Waals surface area (Å²) in [7, 11) is 1.25. The number of piperazine rings is 1. The SMILES string of the molecule is COC(=O)C(C)NC(=O)C1CN(C(C)=O)CCN1C(=O)C1CCNCC1. The van der Waals surface area contributed by atoms with Crippen LogP contribution in [0.2, 0.25) is 0 Å². The van der Waals surface area contributed by atoms with Gasteiger partial charge >= 0.3 is 5.97 Å². The lowest BCUT2D eigenvalue weighted by atomic mass is 9.95. The average molecular weight is 368 g/mol. The number of nitrogens with zero attached hydrogens (tertiary/aromatic N) is 2. The zero-order valence-electron chi connectivity index (χ0n) is 15.6. The number of piperidine rings is 1. The van der Waals surface area contributed by atoms with E-state index in [0.717, 1.165) is 25.9 Å². The van der Waals surface area contributed by atoms with Crippen LogP contribution in [0.3, 0.4) is 0 Å². The summed E-state index contributed by atoms with van der Waals surface area (Å²) in [6.07, 6.45) is 1.47. The van der Waals surface area contributed by atoms with Crippen LogP contribution in [0.4, 0.5) is 0 Å². The molecule has 2 aliphatic heterocycles. The van der Waals surface area contributed by atoms with Gasteiger partial charge < -0.3 is 25.2 Å². The van der Waals surface area contributed by atoms with Crippen LogP contribution >= 0.6 is 0 Å². The first-order chi connectivity index (χ1) is 12.3. The van der Waals surface area contributed by atoms with Gasteiger partial charge in [-0.25, -0.2) is 4.79 Å². The van der Waals surface area contributed by atoms with Crippen molar-refractivity contribution >= 4 is 23.7 Å². The summed E-state index contributed by atoms with van der Waals surface area (Å²) in [6.45, 7) is 5.37. The van der Waals surface area contributed by atoms with Gasteiger partial charge in [-0.15, -0.1) is 0 Å². The largest absolute Gasteiger partial charge is 0.467 e. The number of rotatable bonds is 4. The van der Waals surface area contributed by atoms with E-state index in [0.29, 0.717) is 13.1 Å². The molecular weight excluding hydrogens is 340 g/mol. The fraction of sp³-hybridized carbons (Fsp3) is 0.765. The topological polar surface area (TPSA) is 108 Å². The van der Waals surface area contributed by atoms with Gasteiger partial charge in [-0.05, 0) is 32.9 Å². The van der Waals surface area contributed by atoms with Gasteiger partial charge in [0.25, 0.3) is 0 Å². The molecule has 2 N–H and O–H groups in total. The lowest BCUT2D eigenvalue weighted by Gasteiger charge is -2.42. The van der Waals surface area contributed by atoms with Gasteiger partial charge in [-0.1, -0.05) is 0 Å². The Kier molecular flexibility index (Phi) is 6.96. The quantitative estimate of drug-likeness (QED) is 0.599. The first kappa shape index (κ1) is 20.2. The van der Waals surface area contributed by atoms with Crippen molar-refractivity contribution < 1.29 is 23.9 Å². The Bertz CT molecular complexity index is 561. The van der Waals surface area contributed by atoms with Crippen molar-refractivity contribution in [3.63, 3.8) is 0 Å². The van der Waals surface area contributed by atoms with E-state index in [1.165, 1.54) is 21.0 Å². The highest BCUT2D eigenvalue weighted by molar-refractivity contribution is 5.92. The minimum absolute atomic E-state index is 0.0550. The van der Waals surface area contributed by atoms with Gasteiger partial charge in [-0.3, -0.25) is 14.4 Å². The van der Waals surface area contributed by atoms with Gasteiger partial charge in [0.2, 0.25) is 17.7 Å². The first-order valence-corrected chi connectivity index (χ1v) is 9.00. The van der Waals surface area contributed by atoms with Gasteiger partial charge in [0, 0.05) is 25.9 Å². The molecule has 0 aliphatic carbocycles. The summed E-state index contributed by atoms with van der Waals surface area (Å²) >= 11 is 0. The predicted octanol–water partition coefficient (Wildman–Crippen LogP) is -1.28. The van der Waals surface area contributed by atoms with E-state index in [4.69, 9.17) is 0 Å². The minimum Gasteiger partial charge on any atom is -0.467 e. The molecule has 0 aromatic rings. The molecule has 0 radical (unpaired) electrons. The standard InChI is InChI=1S/C17H28N4O5/c1-11(17(25)26-3)19-15(23)14-10-20(12(2)22)8-9-21(14)16(24)13-4-6-18-7-5-13/h11,13-14,18H,4-10H2,1-3H3,(H,19,23). The van der Waals surface area contributed by atoms with Crippen LogP contribution in [-0.4, -0.2) is 85.4 Å². The zero-order valence-corrected chi connectivity index (χ0v) is 15.6. The van der Waals surface area contributed by atoms with E-state index in [2.05, 4.69) is 15.4 Å². The molecule has 2 atom stereocenters. The van der Waals surface area contributed by atoms with Crippen molar-refractivity contribution in [1.82, 2.24) is 20.4 Å². The number of ether oxygens (including phenoxy) is 1. The fourth-order valence-corrected chi connectivity index (χ4v) is 3.41. The maximum atomic E-state index is 12.9. The third-order valence-electron chi connectivity index (χ3n) is 5.01. The Labute approximate surface area is 153 Å². The molecule has 3 amide bonds. The van der Waals surface area contributed by atoms with Gasteiger partial charge in [0.1, 0.15) is 12.1 Å². The van der Waals surface area contributed by atoms with E-state index in [1.807, 2.05) is 0 Å². The summed E-state index contributed by atoms with van der Waals surface area (Å²) in [5, 5.41) is 5.81. The summed E-state index contributed by atoms with van der Waals surface area (Å²) < 4.78 is 4.62. The van der Waals surface area contributed by atoms with Crippen LogP contribution in [0, 0.1) is 5.92 Å². The van der Waals surface area contributed by atoms with E-state index in [-0.39, 0.29) is 24.3 Å². The number of carbonyl (C=O) groups is 4. The van der Waals surface area contributed by atoms with Crippen LogP contribution in [-0.2, 0) is 23.9 Å². The molecule has 0 aromatic heterocycles. The summed E-state index contributed by atoms with van der Waals surface area (Å²) in [6, 6.07) is -1.63. The lowest BCUT2D eigenvalue weighted by molar-refractivity contribution is -0.152. The molecule has 0 spiro atoms. The van der Waals surface area contributed by atoms with E-state index >= 15 is 0 Å². The number of esters is 1. The number of hydrogen-bond acceptors (Lipinski definition) is 6. The fourth-order valence-electron chi connectivity index (χ4n) is 3.41. The van der Waals surface area contributed by atoms with Crippen molar-refractivity contribution in [1.29, 1.82) is 0 Å². The Balaban J connectivity index is 2.13. The maximum absolute atomic E-state index is 12.9. The highest BCUT2D eigenvalue weighted by Crippen LogP contribution is 2.20. The van der Waals surface area contributed by atoms with Crippen LogP contribution in [0.15, 0.2) is 0 Å². The number of methoxy groups -OCH3 is 1. The number of carbonyl (C=O) groups excluding carboxylic acids is 4. The molecule has 2 rings (SSSR count). The van der Waals surface area contributed by atoms with Crippen LogP contribution in [0.5, 0.6) is 0 Å². The van der Waals surface area contributed by atoms with Crippen LogP contribution in [0.1, 0.15) is 26.7 Å². The molecule has 2 saturated heterocycles. The summed E-state index contributed by atoms with van der Waals surface area (Å²) in [4.78, 5) is 52.1. The molecule has 0 bridgehead atoms. The average Bonchev–Trinajstić information content (AvgIpc) is 2.66. The monoisotopic (exact) mass is 368 g/mol. The molecule has 9 heteroatoms. The highest BCUT2D eigenvalue weighted by atomic mass is 16.5. The molecule has 9 nitrogen and oxygen atoms in total. The Morgan fingerprint density at radius 2 is 1.81 bits per heavy atom. The molecule has 2 aliphatic rings. The van der Waals surface area contributed by atoms with E-state index in [9.17, 15) is 19.2 Å². The van der Waals surface area contributed by atoms with Gasteiger partial charge in [-0.2, -0.15) is 0 Å². The van der Waals surface area contributed by atoms with Gasteiger partial charge in [0.05, 0.1) is 13.7 Å². The highest BCUT2D eigenvalue weighted by Gasteiger charge is 2.39. The molecule has 0 aromatic carbocycles. The normalized spacial score (nSPS) is 22.5. The smallest absolute Gasteiger partial charge is 0.328 e. The van der Waals surface area contributed by atoms with Crippen molar-refractivity contribution in [2.45, 2.75) is 38.8 Å². The van der Waals surface area contributed by atoms with Crippen LogP contribution in [0.25, 0.3) is 0 Å². The molecule has 0 saturated carbocycles. The van der Waals surface area contributed by atoms with Crippen LogP contribution < -0.4 is 10.6 Å². The third kappa shape index (κ3) is 4.72. The molecule has 2 fully saturated rings. The van der Waals surface area contributed by atoms with Crippen molar-refractivity contribution in [3.8, 4) is 0 Å². The number of amides is 3. The second kappa shape index (κ2) is 8.98. The Morgan fingerprint density at radius 3 is 2.38 bits per heavy atom. The summed E-state index contributed by atoms with van der Waals surface area (Å²) in [5.74, 6) is -1.32. The zero-order chi connectivity index (χ0) is 19.3. The van der Waals surface area contributed by atoms with Crippen molar-refractivity contribution in [3.05, 3.63) is 0 Å². The van der Waals surface area contributed by atoms with Gasteiger partial charge in [0.15, 0.2) is 0 Å². The molecule has 146 valence electrons. The Hall–Kier alpha value is -2.16. The predicted molar refractivity (Wildman–Crippen MR) is 93.0 cm³/mol. The number of nitrogens with one attached hydrogen (secondary N) is 2. The van der Waals surface area contributed by atoms with E-state index < -0.39 is 24.0 Å². The van der Waals surface area contributed by atoms with Crippen molar-refractivity contribution in [2.24, 2.45) is 5.92 Å². The maximum Gasteiger partial charge on any atom is 0.328 e. The number of hydrogen-bond donors (Lipinski definition) is 2. The first-order valence-electron chi connectivity index (χ1n) is 9.00. The molecule has 2 heterocycles. The second-order valence-electron chi connectivity index (χ2n) is 6.79. The molecular formula is C17H28N4O5. The van der Waals surface area contributed by atoms with E-state index in [1.54, 1.807) is 9.80 Å².